The number of benzene rings is 1. The Balaban J connectivity index is 2.79. The second-order valence-electron chi connectivity index (χ2n) is 3.89. The highest BCUT2D eigenvalue weighted by Gasteiger charge is 2.05. The van der Waals surface area contributed by atoms with Gasteiger partial charge in [0.25, 0.3) is 0 Å². The molecule has 94 valence electrons. The Bertz CT molecular complexity index is 465. The number of aliphatic hydroxyl groups is 1. The zero-order valence-corrected chi connectivity index (χ0v) is 10.7. The quantitative estimate of drug-likeness (QED) is 0.800. The minimum Gasteiger partial charge on any atom is -0.384 e. The largest absolute Gasteiger partial charge is 0.384 e. The summed E-state index contributed by atoms with van der Waals surface area (Å²) in [6.45, 7) is 4.42. The average Bonchev–Trinajstić information content (AvgIpc) is 2.42. The van der Waals surface area contributed by atoms with Gasteiger partial charge < -0.3 is 5.11 Å². The Kier molecular flexibility index (Phi) is 6.58. The van der Waals surface area contributed by atoms with Gasteiger partial charge in [-0.05, 0) is 18.2 Å². The van der Waals surface area contributed by atoms with Crippen molar-refractivity contribution in [3.05, 3.63) is 35.4 Å². The molecule has 0 heterocycles. The molecule has 0 saturated heterocycles. The van der Waals surface area contributed by atoms with Gasteiger partial charge in [0.1, 0.15) is 6.61 Å². The van der Waals surface area contributed by atoms with Gasteiger partial charge in [-0.25, -0.2) is 0 Å². The van der Waals surface area contributed by atoms with E-state index in [2.05, 4.69) is 29.7 Å². The summed E-state index contributed by atoms with van der Waals surface area (Å²) in [7, 11) is 0. The van der Waals surface area contributed by atoms with Crippen LogP contribution in [0.3, 0.4) is 0 Å². The zero-order chi connectivity index (χ0) is 13.2. The molecule has 0 aromatic heterocycles. The Morgan fingerprint density at radius 3 is 2.78 bits per heavy atom. The molecule has 0 aliphatic rings. The highest BCUT2D eigenvalue weighted by atomic mass is 16.2. The Labute approximate surface area is 109 Å². The molecule has 0 fully saturated rings. The van der Waals surface area contributed by atoms with Crippen molar-refractivity contribution in [3.63, 3.8) is 0 Å². The average molecular weight is 242 g/mol. The maximum absolute atomic E-state index is 8.74. The molecule has 1 rings (SSSR count). The van der Waals surface area contributed by atoms with E-state index in [9.17, 15) is 0 Å². The van der Waals surface area contributed by atoms with Crippen LogP contribution in [-0.2, 0) is 6.54 Å². The van der Waals surface area contributed by atoms with Gasteiger partial charge in [0, 0.05) is 25.1 Å². The molecule has 0 aliphatic carbocycles. The van der Waals surface area contributed by atoms with E-state index in [1.165, 1.54) is 0 Å². The van der Waals surface area contributed by atoms with Gasteiger partial charge in [0.2, 0.25) is 0 Å². The molecular weight excluding hydrogens is 224 g/mol. The molecule has 1 aromatic carbocycles. The molecule has 0 bridgehead atoms. The van der Waals surface area contributed by atoms with Crippen LogP contribution < -0.4 is 0 Å². The molecule has 18 heavy (non-hydrogen) atoms. The number of rotatable bonds is 5. The lowest BCUT2D eigenvalue weighted by Gasteiger charge is -2.19. The maximum atomic E-state index is 8.74. The lowest BCUT2D eigenvalue weighted by atomic mass is 10.1. The highest BCUT2D eigenvalue weighted by Crippen LogP contribution is 2.11. The van der Waals surface area contributed by atoms with E-state index in [4.69, 9.17) is 10.4 Å². The van der Waals surface area contributed by atoms with Crippen LogP contribution in [0.2, 0.25) is 0 Å². The van der Waals surface area contributed by atoms with E-state index in [0.717, 1.165) is 30.8 Å². The molecule has 0 spiro atoms. The van der Waals surface area contributed by atoms with Gasteiger partial charge in [-0.15, -0.1) is 0 Å². The fourth-order valence-electron chi connectivity index (χ4n) is 1.71. The molecule has 3 nitrogen and oxygen atoms in total. The first-order chi connectivity index (χ1) is 8.81. The van der Waals surface area contributed by atoms with Crippen molar-refractivity contribution < 1.29 is 5.11 Å². The summed E-state index contributed by atoms with van der Waals surface area (Å²) < 4.78 is 0. The van der Waals surface area contributed by atoms with Gasteiger partial charge in [-0.2, -0.15) is 5.26 Å². The molecule has 0 amide bonds. The van der Waals surface area contributed by atoms with E-state index in [0.29, 0.717) is 6.42 Å². The lowest BCUT2D eigenvalue weighted by molar-refractivity contribution is 0.286. The van der Waals surface area contributed by atoms with Crippen LogP contribution in [0.4, 0.5) is 0 Å². The van der Waals surface area contributed by atoms with Crippen LogP contribution in [-0.4, -0.2) is 29.7 Å². The molecule has 0 saturated carbocycles. The zero-order valence-electron chi connectivity index (χ0n) is 10.7. The van der Waals surface area contributed by atoms with Crippen molar-refractivity contribution >= 4 is 0 Å². The number of hydrogen-bond donors (Lipinski definition) is 1. The predicted molar refractivity (Wildman–Crippen MR) is 71.6 cm³/mol. The fraction of sp³-hybridized carbons (Fsp3) is 0.400. The van der Waals surface area contributed by atoms with Crippen molar-refractivity contribution in [2.75, 3.05) is 19.7 Å². The van der Waals surface area contributed by atoms with Gasteiger partial charge in [-0.1, -0.05) is 37.0 Å². The summed E-state index contributed by atoms with van der Waals surface area (Å²) in [6.07, 6.45) is 0.540. The van der Waals surface area contributed by atoms with Crippen molar-refractivity contribution in [1.29, 1.82) is 5.26 Å². The molecule has 1 aromatic rings. The van der Waals surface area contributed by atoms with Crippen molar-refractivity contribution in [2.24, 2.45) is 0 Å². The minimum absolute atomic E-state index is 0.125. The summed E-state index contributed by atoms with van der Waals surface area (Å²) in [5.74, 6) is 5.63. The molecule has 0 radical (unpaired) electrons. The van der Waals surface area contributed by atoms with E-state index < -0.39 is 0 Å². The summed E-state index contributed by atoms with van der Waals surface area (Å²) >= 11 is 0. The van der Waals surface area contributed by atoms with Gasteiger partial charge >= 0.3 is 0 Å². The van der Waals surface area contributed by atoms with E-state index in [-0.39, 0.29) is 6.61 Å². The fourth-order valence-corrected chi connectivity index (χ4v) is 1.71. The highest BCUT2D eigenvalue weighted by molar-refractivity contribution is 5.41. The number of nitriles is 1. The van der Waals surface area contributed by atoms with Crippen LogP contribution >= 0.6 is 0 Å². The van der Waals surface area contributed by atoms with E-state index in [1.54, 1.807) is 0 Å². The van der Waals surface area contributed by atoms with Gasteiger partial charge in [0.15, 0.2) is 0 Å². The topological polar surface area (TPSA) is 47.3 Å². The van der Waals surface area contributed by atoms with Gasteiger partial charge in [0.05, 0.1) is 6.07 Å². The second kappa shape index (κ2) is 8.31. The third-order valence-electron chi connectivity index (χ3n) is 2.70. The number of hydrogen-bond acceptors (Lipinski definition) is 3. The first kappa shape index (κ1) is 14.3. The van der Waals surface area contributed by atoms with Crippen LogP contribution in [0.25, 0.3) is 0 Å². The molecule has 1 N–H and O–H groups in total. The third-order valence-corrected chi connectivity index (χ3v) is 2.70. The summed E-state index contributed by atoms with van der Waals surface area (Å²) in [5.41, 5.74) is 2.08. The lowest BCUT2D eigenvalue weighted by Crippen LogP contribution is -2.24. The molecule has 0 unspecified atom stereocenters. The molecule has 3 heteroatoms. The summed E-state index contributed by atoms with van der Waals surface area (Å²) in [4.78, 5) is 2.21. The first-order valence-electron chi connectivity index (χ1n) is 6.08. The second-order valence-corrected chi connectivity index (χ2v) is 3.89. The molecule has 0 atom stereocenters. The predicted octanol–water partition coefficient (Wildman–Crippen LogP) is 1.77. The van der Waals surface area contributed by atoms with Crippen LogP contribution in [0.15, 0.2) is 24.3 Å². The van der Waals surface area contributed by atoms with E-state index in [1.807, 2.05) is 24.3 Å². The molecule has 0 aliphatic heterocycles. The summed E-state index contributed by atoms with van der Waals surface area (Å²) in [6, 6.07) is 10.1. The smallest absolute Gasteiger partial charge is 0.104 e. The van der Waals surface area contributed by atoms with Crippen LogP contribution in [0.1, 0.15) is 24.5 Å². The minimum atomic E-state index is -0.125. The number of aliphatic hydroxyl groups excluding tert-OH is 1. The Hall–Kier alpha value is -1.81. The number of nitrogens with zero attached hydrogens (tertiary/aromatic N) is 2. The maximum Gasteiger partial charge on any atom is 0.104 e. The van der Waals surface area contributed by atoms with Crippen molar-refractivity contribution in [1.82, 2.24) is 4.90 Å². The van der Waals surface area contributed by atoms with Crippen molar-refractivity contribution in [3.8, 4) is 17.9 Å². The Morgan fingerprint density at radius 1 is 1.33 bits per heavy atom. The van der Waals surface area contributed by atoms with Crippen LogP contribution in [0.5, 0.6) is 0 Å². The molecular formula is C15H18N2O. The van der Waals surface area contributed by atoms with Crippen LogP contribution in [0, 0.1) is 23.2 Å². The monoisotopic (exact) mass is 242 g/mol. The first-order valence-corrected chi connectivity index (χ1v) is 6.08. The normalized spacial score (nSPS) is 9.67. The van der Waals surface area contributed by atoms with Crippen molar-refractivity contribution in [2.45, 2.75) is 19.9 Å². The van der Waals surface area contributed by atoms with E-state index >= 15 is 0 Å². The van der Waals surface area contributed by atoms with Gasteiger partial charge in [-0.3, -0.25) is 4.90 Å². The standard InChI is InChI=1S/C15H18N2O/c1-2-17(11-6-10-16)13-15-8-4-3-7-14(15)9-5-12-18/h3-4,7-8,18H,2,6,11-13H2,1H3. The summed E-state index contributed by atoms with van der Waals surface area (Å²) in [5, 5.41) is 17.4. The SMILES string of the molecule is CCN(CCC#N)Cc1ccccc1C#CCO. The Morgan fingerprint density at radius 2 is 2.11 bits per heavy atom. The third kappa shape index (κ3) is 4.59.